The lowest BCUT2D eigenvalue weighted by Gasteiger charge is -2.37. The maximum atomic E-state index is 14.4. The van der Waals surface area contributed by atoms with Crippen LogP contribution in [0.25, 0.3) is 54.7 Å². The maximum absolute atomic E-state index is 14.4. The Kier molecular flexibility index (Phi) is 12.1. The van der Waals surface area contributed by atoms with Crippen LogP contribution in [0.2, 0.25) is 0 Å². The molecule has 1 saturated carbocycles. The van der Waals surface area contributed by atoms with Gasteiger partial charge in [-0.05, 0) is 82.8 Å². The number of alkyl carbamates (subject to hydrolysis) is 2. The monoisotopic (exact) mass is 906 g/mol. The normalized spacial score (nSPS) is 19.6. The zero-order valence-electron chi connectivity index (χ0n) is 39.2. The van der Waals surface area contributed by atoms with Crippen molar-refractivity contribution in [3.05, 3.63) is 108 Å². The Hall–Kier alpha value is -7.00. The van der Waals surface area contributed by atoms with Gasteiger partial charge in [0.2, 0.25) is 5.91 Å². The number of aromatic nitrogens is 4. The van der Waals surface area contributed by atoms with Gasteiger partial charge < -0.3 is 44.6 Å². The Morgan fingerprint density at radius 3 is 1.97 bits per heavy atom. The van der Waals surface area contributed by atoms with Crippen molar-refractivity contribution in [3.63, 3.8) is 0 Å². The number of hydrogen-bond donors (Lipinski definition) is 4. The molecule has 0 spiro atoms. The summed E-state index contributed by atoms with van der Waals surface area (Å²) in [4.78, 5) is 74.6. The van der Waals surface area contributed by atoms with E-state index in [1.165, 1.54) is 14.2 Å². The predicted octanol–water partition coefficient (Wildman–Crippen LogP) is 9.11. The van der Waals surface area contributed by atoms with E-state index in [0.717, 1.165) is 61.2 Å². The van der Waals surface area contributed by atoms with Gasteiger partial charge in [0.1, 0.15) is 23.7 Å². The number of methoxy groups -OCH3 is 3. The highest BCUT2D eigenvalue weighted by atomic mass is 16.5. The molecular weight excluding hydrogens is 849 g/mol. The molecular formula is C52H58N8O7. The van der Waals surface area contributed by atoms with Crippen LogP contribution in [0.1, 0.15) is 82.8 Å². The van der Waals surface area contributed by atoms with Crippen LogP contribution in [0.3, 0.4) is 0 Å². The Labute approximate surface area is 388 Å². The zero-order chi connectivity index (χ0) is 47.3. The fraction of sp³-hybridized carbons (Fsp3) is 0.385. The Morgan fingerprint density at radius 2 is 1.39 bits per heavy atom. The minimum atomic E-state index is -0.947. The third kappa shape index (κ3) is 8.75. The van der Waals surface area contributed by atoms with E-state index in [9.17, 15) is 19.2 Å². The van der Waals surface area contributed by atoms with E-state index in [4.69, 9.17) is 24.2 Å². The SMILES string of the molecule is COCC1CC(c2nc3c(ccc4cc(-c5ccc6c(ccc7[nH]c(C(C)N(C(=O)C(NC(=O)OC)C(C)(C)C)C8CC8C)nc76)c5)ccc43)[nH]2)N(C(=O)C(NC(=O)OC)c2ccccc2)C1. The van der Waals surface area contributed by atoms with Crippen LogP contribution in [-0.2, 0) is 23.8 Å². The molecule has 0 bridgehead atoms. The minimum Gasteiger partial charge on any atom is -0.453 e. The number of fused-ring (bicyclic) bond motifs is 6. The fourth-order valence-corrected chi connectivity index (χ4v) is 9.85. The second-order valence-corrected chi connectivity index (χ2v) is 19.2. The third-order valence-corrected chi connectivity index (χ3v) is 13.6. The topological polar surface area (TPSA) is 184 Å². The number of nitrogens with zero attached hydrogens (tertiary/aromatic N) is 4. The molecule has 2 fully saturated rings. The second-order valence-electron chi connectivity index (χ2n) is 19.2. The average Bonchev–Trinajstić information content (AvgIpc) is 3.68. The van der Waals surface area contributed by atoms with Crippen molar-refractivity contribution in [2.45, 2.75) is 77.7 Å². The van der Waals surface area contributed by atoms with Crippen molar-refractivity contribution < 1.29 is 33.4 Å². The van der Waals surface area contributed by atoms with Crippen LogP contribution in [0.5, 0.6) is 0 Å². The lowest BCUT2D eigenvalue weighted by atomic mass is 9.85. The summed E-state index contributed by atoms with van der Waals surface area (Å²) in [6, 6.07) is 27.7. The molecule has 0 radical (unpaired) electrons. The van der Waals surface area contributed by atoms with Crippen molar-refractivity contribution in [1.29, 1.82) is 0 Å². The van der Waals surface area contributed by atoms with Gasteiger partial charge in [0.25, 0.3) is 5.91 Å². The van der Waals surface area contributed by atoms with Crippen LogP contribution in [-0.4, -0.2) is 100 Å². The van der Waals surface area contributed by atoms with Gasteiger partial charge >= 0.3 is 12.2 Å². The van der Waals surface area contributed by atoms with E-state index in [0.29, 0.717) is 42.7 Å². The number of nitrogens with one attached hydrogen (secondary N) is 4. The molecule has 5 aromatic carbocycles. The number of aromatic amines is 2. The largest absolute Gasteiger partial charge is 0.453 e. The molecule has 1 saturated heterocycles. The lowest BCUT2D eigenvalue weighted by Crippen LogP contribution is -2.56. The summed E-state index contributed by atoms with van der Waals surface area (Å²) in [5.41, 5.74) is 5.55. The third-order valence-electron chi connectivity index (χ3n) is 13.6. The second kappa shape index (κ2) is 18.0. The summed E-state index contributed by atoms with van der Waals surface area (Å²) >= 11 is 0. The van der Waals surface area contributed by atoms with Gasteiger partial charge in [0.15, 0.2) is 0 Å². The van der Waals surface area contributed by atoms with E-state index in [-0.39, 0.29) is 35.9 Å². The molecule has 9 rings (SSSR count). The van der Waals surface area contributed by atoms with E-state index in [1.807, 2.05) is 75.1 Å². The van der Waals surface area contributed by atoms with Gasteiger partial charge in [-0.2, -0.15) is 0 Å². The molecule has 3 heterocycles. The van der Waals surface area contributed by atoms with Crippen molar-refractivity contribution in [1.82, 2.24) is 40.4 Å². The zero-order valence-corrected chi connectivity index (χ0v) is 39.2. The van der Waals surface area contributed by atoms with Crippen molar-refractivity contribution in [3.8, 4) is 11.1 Å². The minimum absolute atomic E-state index is 0.0334. The molecule has 2 aliphatic rings. The molecule has 7 unspecified atom stereocenters. The standard InChI is InChI=1S/C52H58N8O7/c1-28-22-40(28)60(49(62)45(52(3,4)5)58-51(64)67-8)29(2)46-53-38-20-16-34-24-32(14-18-36(34)43(38)55-46)33-15-19-37-35(25-33)17-21-39-44(37)56-47(54-39)41-23-30(27-65-6)26-59(41)48(61)42(57-50(63)66-7)31-12-10-9-11-13-31/h9-21,24-25,28-30,40-42,45H,22-23,26-27H2,1-8H3,(H,53,55)(H,54,56)(H,57,63)(H,58,64). The number of hydrogen-bond acceptors (Lipinski definition) is 9. The van der Waals surface area contributed by atoms with Crippen LogP contribution in [0.4, 0.5) is 9.59 Å². The number of carbonyl (C=O) groups excluding carboxylic acids is 4. The molecule has 4 N–H and O–H groups in total. The highest BCUT2D eigenvalue weighted by molar-refractivity contribution is 6.07. The van der Waals surface area contributed by atoms with Gasteiger partial charge in [0.05, 0.1) is 55.0 Å². The molecule has 7 atom stereocenters. The van der Waals surface area contributed by atoms with E-state index in [1.54, 1.807) is 12.0 Å². The van der Waals surface area contributed by atoms with E-state index < -0.39 is 29.7 Å². The Balaban J connectivity index is 0.995. The first-order valence-corrected chi connectivity index (χ1v) is 22.9. The van der Waals surface area contributed by atoms with Crippen molar-refractivity contribution >= 4 is 67.6 Å². The van der Waals surface area contributed by atoms with Crippen LogP contribution >= 0.6 is 0 Å². The van der Waals surface area contributed by atoms with E-state index in [2.05, 4.69) is 76.1 Å². The molecule has 2 aromatic heterocycles. The van der Waals surface area contributed by atoms with Crippen LogP contribution in [0.15, 0.2) is 91.0 Å². The number of ether oxygens (including phenoxy) is 3. The lowest BCUT2D eigenvalue weighted by molar-refractivity contribution is -0.139. The summed E-state index contributed by atoms with van der Waals surface area (Å²) in [5.74, 6) is 1.34. The quantitative estimate of drug-likeness (QED) is 0.0929. The Morgan fingerprint density at radius 1 is 0.791 bits per heavy atom. The number of carbonyl (C=O) groups is 4. The van der Waals surface area contributed by atoms with Crippen LogP contribution < -0.4 is 10.6 Å². The van der Waals surface area contributed by atoms with Gasteiger partial charge in [0, 0.05) is 36.4 Å². The number of benzene rings is 5. The summed E-state index contributed by atoms with van der Waals surface area (Å²) in [6.07, 6.45) is 0.187. The molecule has 67 heavy (non-hydrogen) atoms. The molecule has 15 heteroatoms. The summed E-state index contributed by atoms with van der Waals surface area (Å²) in [5, 5.41) is 9.57. The van der Waals surface area contributed by atoms with Gasteiger partial charge in [-0.15, -0.1) is 0 Å². The van der Waals surface area contributed by atoms with Crippen molar-refractivity contribution in [2.75, 3.05) is 34.5 Å². The smallest absolute Gasteiger partial charge is 0.407 e. The van der Waals surface area contributed by atoms with Gasteiger partial charge in [-0.25, -0.2) is 19.6 Å². The number of rotatable bonds is 12. The molecule has 348 valence electrons. The highest BCUT2D eigenvalue weighted by Gasteiger charge is 2.48. The van der Waals surface area contributed by atoms with Gasteiger partial charge in [-0.3, -0.25) is 9.59 Å². The molecule has 15 nitrogen and oxygen atoms in total. The summed E-state index contributed by atoms with van der Waals surface area (Å²) < 4.78 is 15.3. The van der Waals surface area contributed by atoms with Gasteiger partial charge in [-0.1, -0.05) is 94.4 Å². The number of likely N-dealkylation sites (tertiary alicyclic amines) is 1. The molecule has 7 aromatic rings. The summed E-state index contributed by atoms with van der Waals surface area (Å²) in [6.45, 7) is 10.9. The van der Waals surface area contributed by atoms with Crippen molar-refractivity contribution in [2.24, 2.45) is 17.3 Å². The molecule has 1 aliphatic heterocycles. The molecule has 1 aliphatic carbocycles. The predicted molar refractivity (Wildman–Crippen MR) is 257 cm³/mol. The number of amides is 4. The highest BCUT2D eigenvalue weighted by Crippen LogP contribution is 2.42. The number of imidazole rings is 2. The first-order chi connectivity index (χ1) is 32.2. The van der Waals surface area contributed by atoms with E-state index >= 15 is 0 Å². The maximum Gasteiger partial charge on any atom is 0.407 e. The first kappa shape index (κ1) is 45.2. The van der Waals surface area contributed by atoms with Crippen LogP contribution in [0, 0.1) is 17.3 Å². The average molecular weight is 907 g/mol. The summed E-state index contributed by atoms with van der Waals surface area (Å²) in [7, 11) is 4.24. The first-order valence-electron chi connectivity index (χ1n) is 22.9. The number of H-pyrrole nitrogens is 2. The Bertz CT molecular complexity index is 3010. The molecule has 4 amide bonds. The fourth-order valence-electron chi connectivity index (χ4n) is 9.85.